The smallest absolute Gasteiger partial charge is 0.247 e. The Morgan fingerprint density at radius 1 is 1.18 bits per heavy atom. The molecule has 0 saturated carbocycles. The van der Waals surface area contributed by atoms with Gasteiger partial charge in [-0.05, 0) is 38.5 Å². The molecule has 1 fully saturated rings. The molecular formula is C20H37BN4O3. The number of likely N-dealkylation sites (N-methyl/N-ethyl adjacent to an activating group) is 1. The molecule has 1 aliphatic rings. The van der Waals surface area contributed by atoms with Crippen molar-refractivity contribution < 1.29 is 14.4 Å². The van der Waals surface area contributed by atoms with Crippen LogP contribution in [0.1, 0.15) is 66.7 Å². The molecule has 1 rings (SSSR count). The van der Waals surface area contributed by atoms with Crippen LogP contribution in [0.25, 0.3) is 0 Å². The van der Waals surface area contributed by atoms with Crippen LogP contribution in [0, 0.1) is 11.8 Å². The lowest BCUT2D eigenvalue weighted by atomic mass is 9.95. The molecule has 3 amide bonds. The Hall–Kier alpha value is -1.57. The molecule has 0 bridgehead atoms. The number of nitrogens with one attached hydrogen (secondary N) is 3. The maximum Gasteiger partial charge on any atom is 0.247 e. The second-order valence-corrected chi connectivity index (χ2v) is 8.16. The van der Waals surface area contributed by atoms with Gasteiger partial charge in [0.25, 0.3) is 0 Å². The van der Waals surface area contributed by atoms with Crippen molar-refractivity contribution in [3.63, 3.8) is 0 Å². The molecule has 158 valence electrons. The molecule has 4 atom stereocenters. The number of nitrogens with zero attached hydrogens (tertiary/aromatic N) is 1. The topological polar surface area (TPSA) is 90.5 Å². The van der Waals surface area contributed by atoms with Gasteiger partial charge in [-0.2, -0.15) is 0 Å². The number of carbonyl (C=O) groups is 3. The summed E-state index contributed by atoms with van der Waals surface area (Å²) in [4.78, 5) is 40.0. The van der Waals surface area contributed by atoms with Crippen LogP contribution in [-0.2, 0) is 14.4 Å². The van der Waals surface area contributed by atoms with Crippen LogP contribution < -0.4 is 15.9 Å². The van der Waals surface area contributed by atoms with Crippen molar-refractivity contribution >= 4 is 25.7 Å². The largest absolute Gasteiger partial charge is 0.362 e. The fourth-order valence-electron chi connectivity index (χ4n) is 3.88. The summed E-state index contributed by atoms with van der Waals surface area (Å²) in [5.41, 5.74) is 0. The van der Waals surface area contributed by atoms with E-state index < -0.39 is 12.1 Å². The first-order valence-corrected chi connectivity index (χ1v) is 10.6. The summed E-state index contributed by atoms with van der Waals surface area (Å²) in [5, 5.41) is 8.42. The van der Waals surface area contributed by atoms with Crippen molar-refractivity contribution in [1.82, 2.24) is 20.8 Å². The van der Waals surface area contributed by atoms with Gasteiger partial charge in [0.1, 0.15) is 12.1 Å². The average molecular weight is 392 g/mol. The normalized spacial score (nSPS) is 19.9. The first-order valence-electron chi connectivity index (χ1n) is 10.6. The molecule has 0 aromatic carbocycles. The summed E-state index contributed by atoms with van der Waals surface area (Å²) in [5.74, 6) is -0.352. The van der Waals surface area contributed by atoms with Crippen LogP contribution in [0.15, 0.2) is 0 Å². The van der Waals surface area contributed by atoms with E-state index in [1.807, 2.05) is 20.8 Å². The lowest BCUT2D eigenvalue weighted by Crippen LogP contribution is -2.60. The quantitative estimate of drug-likeness (QED) is 0.460. The third kappa shape index (κ3) is 6.80. The fraction of sp³-hybridized carbons (Fsp3) is 0.850. The Labute approximate surface area is 171 Å². The van der Waals surface area contributed by atoms with E-state index in [4.69, 9.17) is 7.98 Å². The minimum atomic E-state index is -0.790. The maximum atomic E-state index is 13.4. The van der Waals surface area contributed by atoms with E-state index in [9.17, 15) is 14.4 Å². The van der Waals surface area contributed by atoms with Gasteiger partial charge < -0.3 is 20.8 Å². The number of hydrogen-bond acceptors (Lipinski definition) is 4. The van der Waals surface area contributed by atoms with Crippen molar-refractivity contribution in [2.24, 2.45) is 11.8 Å². The fourth-order valence-corrected chi connectivity index (χ4v) is 3.88. The molecule has 0 aliphatic carbocycles. The Morgan fingerprint density at radius 3 is 2.39 bits per heavy atom. The highest BCUT2D eigenvalue weighted by Crippen LogP contribution is 2.21. The van der Waals surface area contributed by atoms with E-state index in [0.717, 1.165) is 19.3 Å². The van der Waals surface area contributed by atoms with Gasteiger partial charge in [-0.1, -0.05) is 34.1 Å². The van der Waals surface area contributed by atoms with Gasteiger partial charge in [0.2, 0.25) is 17.7 Å². The van der Waals surface area contributed by atoms with Crippen LogP contribution in [-0.4, -0.2) is 61.8 Å². The highest BCUT2D eigenvalue weighted by atomic mass is 16.2. The number of likely N-dealkylation sites (tertiary alicyclic amines) is 1. The minimum Gasteiger partial charge on any atom is -0.362 e. The first-order chi connectivity index (χ1) is 13.3. The number of rotatable bonds is 11. The summed E-state index contributed by atoms with van der Waals surface area (Å²) in [6.45, 7) is 10.9. The third-order valence-electron chi connectivity index (χ3n) is 5.24. The predicted molar refractivity (Wildman–Crippen MR) is 112 cm³/mol. The zero-order valence-corrected chi connectivity index (χ0v) is 18.1. The Kier molecular flexibility index (Phi) is 10.6. The van der Waals surface area contributed by atoms with Gasteiger partial charge in [-0.25, -0.2) is 0 Å². The minimum absolute atomic E-state index is 0.139. The number of carbonyl (C=O) groups excluding carboxylic acids is 3. The van der Waals surface area contributed by atoms with E-state index >= 15 is 0 Å². The van der Waals surface area contributed by atoms with Gasteiger partial charge in [0.15, 0.2) is 7.98 Å². The number of amides is 3. The van der Waals surface area contributed by atoms with Crippen LogP contribution >= 0.6 is 0 Å². The van der Waals surface area contributed by atoms with E-state index in [1.54, 1.807) is 4.90 Å². The summed E-state index contributed by atoms with van der Waals surface area (Å²) in [6.07, 6.45) is 3.61. The summed E-state index contributed by atoms with van der Waals surface area (Å²) in [7, 11) is 5.72. The molecule has 0 aromatic rings. The SMILES string of the molecule is [B]NC(CCC)C(NC(=O)C(C)CC(C)C)C(=O)N1CCCC1C(=O)NCC. The van der Waals surface area contributed by atoms with Crippen molar-refractivity contribution in [1.29, 1.82) is 0 Å². The second-order valence-electron chi connectivity index (χ2n) is 8.16. The molecule has 7 nitrogen and oxygen atoms in total. The van der Waals surface area contributed by atoms with Gasteiger partial charge in [-0.3, -0.25) is 14.4 Å². The highest BCUT2D eigenvalue weighted by molar-refractivity contribution is 6.05. The molecule has 1 heterocycles. The molecular weight excluding hydrogens is 355 g/mol. The van der Waals surface area contributed by atoms with E-state index in [1.165, 1.54) is 0 Å². The predicted octanol–water partition coefficient (Wildman–Crippen LogP) is 1.12. The molecule has 0 aromatic heterocycles. The Balaban J connectivity index is 3.01. The van der Waals surface area contributed by atoms with E-state index in [0.29, 0.717) is 31.8 Å². The average Bonchev–Trinajstić information content (AvgIpc) is 3.13. The molecule has 28 heavy (non-hydrogen) atoms. The standard InChI is InChI=1S/C20H37BN4O3/c1-6-9-15(24-21)17(23-18(26)14(5)12-13(3)4)20(28)25-11-8-10-16(25)19(27)22-7-2/h13-17,24H,6-12H2,1-5H3,(H,22,27)(H,23,26). The third-order valence-corrected chi connectivity index (χ3v) is 5.24. The second kappa shape index (κ2) is 12.1. The lowest BCUT2D eigenvalue weighted by molar-refractivity contribution is -0.142. The van der Waals surface area contributed by atoms with Gasteiger partial charge in [0, 0.05) is 25.0 Å². The van der Waals surface area contributed by atoms with Crippen molar-refractivity contribution in [3.8, 4) is 0 Å². The number of hydrogen-bond donors (Lipinski definition) is 3. The Bertz CT molecular complexity index is 530. The molecule has 8 heteroatoms. The van der Waals surface area contributed by atoms with Crippen molar-refractivity contribution in [2.45, 2.75) is 84.8 Å². The van der Waals surface area contributed by atoms with Crippen LogP contribution in [0.3, 0.4) is 0 Å². The molecule has 0 spiro atoms. The van der Waals surface area contributed by atoms with Gasteiger partial charge in [0.05, 0.1) is 0 Å². The maximum absolute atomic E-state index is 13.4. The molecule has 1 aliphatic heterocycles. The molecule has 2 radical (unpaired) electrons. The molecule has 1 saturated heterocycles. The lowest BCUT2D eigenvalue weighted by Gasteiger charge is -2.33. The van der Waals surface area contributed by atoms with E-state index in [-0.39, 0.29) is 29.7 Å². The molecule has 4 unspecified atom stereocenters. The monoisotopic (exact) mass is 392 g/mol. The molecule has 3 N–H and O–H groups in total. The van der Waals surface area contributed by atoms with E-state index in [2.05, 4.69) is 29.7 Å². The summed E-state index contributed by atoms with van der Waals surface area (Å²) < 4.78 is 0. The Morgan fingerprint density at radius 2 is 1.86 bits per heavy atom. The van der Waals surface area contributed by atoms with Crippen LogP contribution in [0.5, 0.6) is 0 Å². The van der Waals surface area contributed by atoms with Crippen LogP contribution in [0.2, 0.25) is 0 Å². The zero-order chi connectivity index (χ0) is 21.3. The summed E-state index contributed by atoms with van der Waals surface area (Å²) in [6, 6.07) is -1.66. The summed E-state index contributed by atoms with van der Waals surface area (Å²) >= 11 is 0. The van der Waals surface area contributed by atoms with Gasteiger partial charge >= 0.3 is 0 Å². The first kappa shape index (κ1) is 24.5. The van der Waals surface area contributed by atoms with Crippen molar-refractivity contribution in [2.75, 3.05) is 13.1 Å². The van der Waals surface area contributed by atoms with Crippen LogP contribution in [0.4, 0.5) is 0 Å². The zero-order valence-electron chi connectivity index (χ0n) is 18.1. The van der Waals surface area contributed by atoms with Crippen molar-refractivity contribution in [3.05, 3.63) is 0 Å². The highest BCUT2D eigenvalue weighted by Gasteiger charge is 2.40. The van der Waals surface area contributed by atoms with Gasteiger partial charge in [-0.15, -0.1) is 0 Å².